The normalized spacial score (nSPS) is 20.9. The van der Waals surface area contributed by atoms with Crippen molar-refractivity contribution in [3.8, 4) is 11.3 Å². The molecule has 2 heterocycles. The number of H-pyrrole nitrogens is 1. The SMILES string of the molecule is CCc1ccc(=O)[nH]c1-c1ccc(N2CCC(O)(CC)C2)cc1. The average Bonchev–Trinajstić information content (AvgIpc) is 2.98. The number of nitrogens with one attached hydrogen (secondary N) is 1. The number of hydrogen-bond donors (Lipinski definition) is 2. The number of aromatic nitrogens is 1. The highest BCUT2D eigenvalue weighted by atomic mass is 16.3. The van der Waals surface area contributed by atoms with Gasteiger partial charge >= 0.3 is 0 Å². The predicted octanol–water partition coefficient (Wildman–Crippen LogP) is 2.96. The van der Waals surface area contributed by atoms with E-state index < -0.39 is 5.60 Å². The Kier molecular flexibility index (Phi) is 4.26. The Morgan fingerprint density at radius 3 is 2.52 bits per heavy atom. The largest absolute Gasteiger partial charge is 0.388 e. The summed E-state index contributed by atoms with van der Waals surface area (Å²) in [6, 6.07) is 11.7. The van der Waals surface area contributed by atoms with E-state index in [1.165, 1.54) is 0 Å². The molecule has 1 atom stereocenters. The van der Waals surface area contributed by atoms with Crippen molar-refractivity contribution < 1.29 is 5.11 Å². The van der Waals surface area contributed by atoms with Crippen LogP contribution in [0.15, 0.2) is 41.2 Å². The van der Waals surface area contributed by atoms with Crippen molar-refractivity contribution in [2.24, 2.45) is 0 Å². The molecule has 4 heteroatoms. The summed E-state index contributed by atoms with van der Waals surface area (Å²) in [7, 11) is 0. The molecular weight excluding hydrogens is 288 g/mol. The minimum Gasteiger partial charge on any atom is -0.388 e. The van der Waals surface area contributed by atoms with Gasteiger partial charge in [-0.3, -0.25) is 4.79 Å². The zero-order valence-corrected chi connectivity index (χ0v) is 13.8. The van der Waals surface area contributed by atoms with Crippen molar-refractivity contribution in [2.75, 3.05) is 18.0 Å². The van der Waals surface area contributed by atoms with Crippen LogP contribution in [0.2, 0.25) is 0 Å². The van der Waals surface area contributed by atoms with Crippen molar-refractivity contribution in [1.29, 1.82) is 0 Å². The van der Waals surface area contributed by atoms with E-state index in [0.29, 0.717) is 6.54 Å². The fourth-order valence-corrected chi connectivity index (χ4v) is 3.26. The molecule has 1 aliphatic rings. The third-order valence-electron chi connectivity index (χ3n) is 4.90. The van der Waals surface area contributed by atoms with E-state index in [4.69, 9.17) is 0 Å². The number of pyridine rings is 1. The number of aromatic amines is 1. The van der Waals surface area contributed by atoms with Gasteiger partial charge in [0.2, 0.25) is 5.56 Å². The van der Waals surface area contributed by atoms with Crippen LogP contribution < -0.4 is 10.5 Å². The van der Waals surface area contributed by atoms with Gasteiger partial charge in [-0.15, -0.1) is 0 Å². The molecule has 1 aliphatic heterocycles. The van der Waals surface area contributed by atoms with E-state index in [0.717, 1.165) is 48.3 Å². The smallest absolute Gasteiger partial charge is 0.248 e. The second-order valence-electron chi connectivity index (χ2n) is 6.37. The van der Waals surface area contributed by atoms with Crippen molar-refractivity contribution >= 4 is 5.69 Å². The van der Waals surface area contributed by atoms with Crippen LogP contribution >= 0.6 is 0 Å². The molecule has 1 aromatic heterocycles. The zero-order valence-electron chi connectivity index (χ0n) is 13.8. The number of hydrogen-bond acceptors (Lipinski definition) is 3. The maximum Gasteiger partial charge on any atom is 0.248 e. The number of nitrogens with zero attached hydrogens (tertiary/aromatic N) is 1. The van der Waals surface area contributed by atoms with Gasteiger partial charge < -0.3 is 15.0 Å². The number of rotatable bonds is 4. The lowest BCUT2D eigenvalue weighted by atomic mass is 10.0. The molecule has 0 radical (unpaired) electrons. The third-order valence-corrected chi connectivity index (χ3v) is 4.90. The van der Waals surface area contributed by atoms with Crippen LogP contribution in [0.4, 0.5) is 5.69 Å². The maximum absolute atomic E-state index is 11.6. The van der Waals surface area contributed by atoms with E-state index in [-0.39, 0.29) is 5.56 Å². The molecule has 2 aromatic rings. The lowest BCUT2D eigenvalue weighted by molar-refractivity contribution is 0.0594. The highest BCUT2D eigenvalue weighted by molar-refractivity contribution is 5.66. The van der Waals surface area contributed by atoms with Gasteiger partial charge in [0.15, 0.2) is 0 Å². The minimum absolute atomic E-state index is 0.0752. The van der Waals surface area contributed by atoms with Gasteiger partial charge in [-0.2, -0.15) is 0 Å². The second-order valence-corrected chi connectivity index (χ2v) is 6.37. The molecule has 1 unspecified atom stereocenters. The highest BCUT2D eigenvalue weighted by Crippen LogP contribution is 2.30. The summed E-state index contributed by atoms with van der Waals surface area (Å²) in [5, 5.41) is 10.4. The molecule has 0 amide bonds. The number of anilines is 1. The fraction of sp³-hybridized carbons (Fsp3) is 0.421. The minimum atomic E-state index is -0.557. The van der Waals surface area contributed by atoms with E-state index in [1.54, 1.807) is 6.07 Å². The predicted molar refractivity (Wildman–Crippen MR) is 93.9 cm³/mol. The monoisotopic (exact) mass is 312 g/mol. The molecule has 1 aromatic carbocycles. The van der Waals surface area contributed by atoms with Gasteiger partial charge in [0, 0.05) is 24.8 Å². The Hall–Kier alpha value is -2.07. The number of benzene rings is 1. The lowest BCUT2D eigenvalue weighted by Crippen LogP contribution is -2.32. The van der Waals surface area contributed by atoms with Crippen molar-refractivity contribution in [2.45, 2.75) is 38.7 Å². The van der Waals surface area contributed by atoms with Crippen molar-refractivity contribution in [3.05, 3.63) is 52.3 Å². The molecule has 23 heavy (non-hydrogen) atoms. The Balaban J connectivity index is 1.86. The number of aryl methyl sites for hydroxylation is 1. The molecule has 3 rings (SSSR count). The lowest BCUT2D eigenvalue weighted by Gasteiger charge is -2.23. The molecule has 2 N–H and O–H groups in total. The second kappa shape index (κ2) is 6.20. The molecule has 0 saturated carbocycles. The van der Waals surface area contributed by atoms with Crippen LogP contribution in [0.25, 0.3) is 11.3 Å². The first-order valence-corrected chi connectivity index (χ1v) is 8.34. The molecule has 1 fully saturated rings. The molecule has 0 aliphatic carbocycles. The van der Waals surface area contributed by atoms with Gasteiger partial charge in [-0.25, -0.2) is 0 Å². The Morgan fingerprint density at radius 2 is 1.91 bits per heavy atom. The number of β-amino-alcohol motifs (C(OH)–C–C–N with tert-alkyl or cyclic N) is 1. The molecule has 122 valence electrons. The average molecular weight is 312 g/mol. The Morgan fingerprint density at radius 1 is 1.17 bits per heavy atom. The van der Waals surface area contributed by atoms with Gasteiger partial charge in [0.25, 0.3) is 0 Å². The standard InChI is InChI=1S/C19H24N2O2/c1-3-14-7-10-17(22)20-18(14)15-5-8-16(9-6-15)21-12-11-19(23,4-2)13-21/h5-10,23H,3-4,11-13H2,1-2H3,(H,20,22). The van der Waals surface area contributed by atoms with Crippen LogP contribution in [-0.4, -0.2) is 28.8 Å². The van der Waals surface area contributed by atoms with Crippen LogP contribution in [0, 0.1) is 0 Å². The van der Waals surface area contributed by atoms with E-state index >= 15 is 0 Å². The van der Waals surface area contributed by atoms with Gasteiger partial charge in [0.05, 0.1) is 11.3 Å². The molecular formula is C19H24N2O2. The maximum atomic E-state index is 11.6. The quantitative estimate of drug-likeness (QED) is 0.912. The summed E-state index contributed by atoms with van der Waals surface area (Å²) in [5.74, 6) is 0. The van der Waals surface area contributed by atoms with Crippen LogP contribution in [0.1, 0.15) is 32.3 Å². The molecule has 1 saturated heterocycles. The van der Waals surface area contributed by atoms with E-state index in [2.05, 4.69) is 28.9 Å². The third kappa shape index (κ3) is 3.17. The summed E-state index contributed by atoms with van der Waals surface area (Å²) < 4.78 is 0. The molecule has 0 spiro atoms. The van der Waals surface area contributed by atoms with Gasteiger partial charge in [-0.05, 0) is 42.5 Å². The van der Waals surface area contributed by atoms with Crippen LogP contribution in [0.5, 0.6) is 0 Å². The zero-order chi connectivity index (χ0) is 16.4. The van der Waals surface area contributed by atoms with E-state index in [9.17, 15) is 9.90 Å². The fourth-order valence-electron chi connectivity index (χ4n) is 3.26. The van der Waals surface area contributed by atoms with Gasteiger partial charge in [-0.1, -0.05) is 32.0 Å². The van der Waals surface area contributed by atoms with Gasteiger partial charge in [0.1, 0.15) is 0 Å². The summed E-state index contributed by atoms with van der Waals surface area (Å²) in [5.41, 5.74) is 3.55. The van der Waals surface area contributed by atoms with Crippen molar-refractivity contribution in [1.82, 2.24) is 4.98 Å². The topological polar surface area (TPSA) is 56.3 Å². The number of aliphatic hydroxyl groups is 1. The first-order valence-electron chi connectivity index (χ1n) is 8.34. The Bertz CT molecular complexity index is 736. The first-order chi connectivity index (χ1) is 11.0. The van der Waals surface area contributed by atoms with Crippen LogP contribution in [-0.2, 0) is 6.42 Å². The van der Waals surface area contributed by atoms with Crippen LogP contribution in [0.3, 0.4) is 0 Å². The molecule has 4 nitrogen and oxygen atoms in total. The van der Waals surface area contributed by atoms with E-state index in [1.807, 2.05) is 25.1 Å². The summed E-state index contributed by atoms with van der Waals surface area (Å²) >= 11 is 0. The Labute approximate surface area is 136 Å². The highest BCUT2D eigenvalue weighted by Gasteiger charge is 2.34. The van der Waals surface area contributed by atoms with Crippen molar-refractivity contribution in [3.63, 3.8) is 0 Å². The molecule has 0 bridgehead atoms. The summed E-state index contributed by atoms with van der Waals surface area (Å²) in [6.45, 7) is 5.68. The summed E-state index contributed by atoms with van der Waals surface area (Å²) in [4.78, 5) is 16.8. The summed E-state index contributed by atoms with van der Waals surface area (Å²) in [6.07, 6.45) is 2.48. The first kappa shape index (κ1) is 15.8.